The van der Waals surface area contributed by atoms with Crippen LogP contribution < -0.4 is 0 Å². The first-order valence-electron chi connectivity index (χ1n) is 8.73. The zero-order chi connectivity index (χ0) is 17.6. The van der Waals surface area contributed by atoms with Gasteiger partial charge in [0.15, 0.2) is 0 Å². The smallest absolute Gasteiger partial charge is 0.129 e. The predicted molar refractivity (Wildman–Crippen MR) is 95.6 cm³/mol. The molecule has 1 heterocycles. The number of hydrogen-bond donors (Lipinski definition) is 2. The maximum atomic E-state index is 13.7. The van der Waals surface area contributed by atoms with Crippen molar-refractivity contribution in [1.29, 1.82) is 0 Å². The third-order valence-corrected chi connectivity index (χ3v) is 4.78. The van der Waals surface area contributed by atoms with Crippen LogP contribution in [0.1, 0.15) is 23.3 Å². The highest BCUT2D eigenvalue weighted by molar-refractivity contribution is 5.20. The minimum atomic E-state index is -0.817. The maximum Gasteiger partial charge on any atom is 0.129 e. The molecule has 3 rings (SSSR count). The Morgan fingerprint density at radius 1 is 0.760 bits per heavy atom. The van der Waals surface area contributed by atoms with Crippen LogP contribution in [0.3, 0.4) is 0 Å². The van der Waals surface area contributed by atoms with Crippen LogP contribution >= 0.6 is 0 Å². The van der Waals surface area contributed by atoms with Crippen molar-refractivity contribution in [3.05, 3.63) is 71.5 Å². The molecular formula is C20H25FN2O2. The molecule has 25 heavy (non-hydrogen) atoms. The molecule has 1 fully saturated rings. The summed E-state index contributed by atoms with van der Waals surface area (Å²) in [5.41, 5.74) is 1.28. The van der Waals surface area contributed by atoms with Gasteiger partial charge < -0.3 is 10.2 Å². The third-order valence-electron chi connectivity index (χ3n) is 4.78. The van der Waals surface area contributed by atoms with Crippen LogP contribution in [0.25, 0.3) is 0 Å². The number of benzene rings is 2. The normalized spacial score (nSPS) is 18.8. The summed E-state index contributed by atoms with van der Waals surface area (Å²) in [5, 5.41) is 20.6. The Balaban J connectivity index is 1.46. The Hall–Kier alpha value is -1.79. The highest BCUT2D eigenvalue weighted by Crippen LogP contribution is 2.19. The molecular weight excluding hydrogens is 319 g/mol. The van der Waals surface area contributed by atoms with Gasteiger partial charge in [0.25, 0.3) is 0 Å². The molecule has 134 valence electrons. The molecule has 2 aromatic carbocycles. The molecule has 0 unspecified atom stereocenters. The van der Waals surface area contributed by atoms with Gasteiger partial charge in [-0.25, -0.2) is 4.39 Å². The molecule has 0 radical (unpaired) electrons. The Labute approximate surface area is 148 Å². The van der Waals surface area contributed by atoms with E-state index in [9.17, 15) is 14.6 Å². The number of aliphatic hydroxyl groups is 2. The van der Waals surface area contributed by atoms with Crippen LogP contribution in [-0.4, -0.2) is 59.3 Å². The van der Waals surface area contributed by atoms with Crippen LogP contribution in [-0.2, 0) is 0 Å². The molecule has 1 aliphatic rings. The fourth-order valence-corrected chi connectivity index (χ4v) is 3.27. The summed E-state index contributed by atoms with van der Waals surface area (Å²) >= 11 is 0. The van der Waals surface area contributed by atoms with Gasteiger partial charge in [-0.3, -0.25) is 9.80 Å². The third kappa shape index (κ3) is 4.86. The lowest BCUT2D eigenvalue weighted by Crippen LogP contribution is -2.48. The van der Waals surface area contributed by atoms with E-state index in [1.807, 2.05) is 30.3 Å². The van der Waals surface area contributed by atoms with Gasteiger partial charge in [0.1, 0.15) is 5.82 Å². The molecule has 0 bridgehead atoms. The predicted octanol–water partition coefficient (Wildman–Crippen LogP) is 2.21. The quantitative estimate of drug-likeness (QED) is 0.844. The number of aliphatic hydroxyl groups excluding tert-OH is 2. The largest absolute Gasteiger partial charge is 0.387 e. The molecule has 0 amide bonds. The highest BCUT2D eigenvalue weighted by atomic mass is 19.1. The number of halogens is 1. The van der Waals surface area contributed by atoms with Gasteiger partial charge in [0.2, 0.25) is 0 Å². The van der Waals surface area contributed by atoms with Gasteiger partial charge in [0, 0.05) is 44.8 Å². The van der Waals surface area contributed by atoms with Gasteiger partial charge in [-0.15, -0.1) is 0 Å². The second kappa shape index (κ2) is 8.54. The summed E-state index contributed by atoms with van der Waals surface area (Å²) in [7, 11) is 0. The average molecular weight is 344 g/mol. The fourth-order valence-electron chi connectivity index (χ4n) is 3.27. The van der Waals surface area contributed by atoms with Gasteiger partial charge in [0.05, 0.1) is 12.2 Å². The van der Waals surface area contributed by atoms with Crippen molar-refractivity contribution in [2.75, 3.05) is 39.3 Å². The number of hydrogen-bond acceptors (Lipinski definition) is 4. The van der Waals surface area contributed by atoms with Gasteiger partial charge in [-0.1, -0.05) is 48.5 Å². The van der Waals surface area contributed by atoms with E-state index < -0.39 is 12.2 Å². The van der Waals surface area contributed by atoms with E-state index in [0.717, 1.165) is 31.7 Å². The molecule has 2 atom stereocenters. The minimum absolute atomic E-state index is 0.351. The van der Waals surface area contributed by atoms with Crippen LogP contribution in [0, 0.1) is 5.82 Å². The van der Waals surface area contributed by atoms with E-state index in [2.05, 4.69) is 9.80 Å². The van der Waals surface area contributed by atoms with Crippen molar-refractivity contribution in [3.63, 3.8) is 0 Å². The summed E-state index contributed by atoms with van der Waals surface area (Å²) in [6.45, 7) is 4.28. The monoisotopic (exact) mass is 344 g/mol. The second-order valence-electron chi connectivity index (χ2n) is 6.57. The van der Waals surface area contributed by atoms with E-state index in [4.69, 9.17) is 0 Å². The van der Waals surface area contributed by atoms with Crippen molar-refractivity contribution in [2.45, 2.75) is 12.2 Å². The first kappa shape index (κ1) is 18.0. The van der Waals surface area contributed by atoms with Crippen LogP contribution in [0.15, 0.2) is 54.6 Å². The van der Waals surface area contributed by atoms with E-state index in [1.165, 1.54) is 6.07 Å². The highest BCUT2D eigenvalue weighted by Gasteiger charge is 2.22. The van der Waals surface area contributed by atoms with E-state index in [0.29, 0.717) is 18.7 Å². The molecule has 1 saturated heterocycles. The molecule has 0 aliphatic carbocycles. The zero-order valence-electron chi connectivity index (χ0n) is 14.3. The lowest BCUT2D eigenvalue weighted by atomic mass is 10.1. The van der Waals surface area contributed by atoms with Crippen molar-refractivity contribution in [2.24, 2.45) is 0 Å². The summed E-state index contributed by atoms with van der Waals surface area (Å²) < 4.78 is 13.7. The Morgan fingerprint density at radius 3 is 1.88 bits per heavy atom. The van der Waals surface area contributed by atoms with Crippen molar-refractivity contribution in [1.82, 2.24) is 9.80 Å². The number of nitrogens with zero attached hydrogens (tertiary/aromatic N) is 2. The first-order chi connectivity index (χ1) is 12.1. The van der Waals surface area contributed by atoms with Gasteiger partial charge in [-0.2, -0.15) is 0 Å². The van der Waals surface area contributed by atoms with Crippen LogP contribution in [0.2, 0.25) is 0 Å². The number of piperazine rings is 1. The zero-order valence-corrected chi connectivity index (χ0v) is 14.3. The lowest BCUT2D eigenvalue weighted by molar-refractivity contribution is 0.0474. The number of rotatable bonds is 6. The van der Waals surface area contributed by atoms with Crippen LogP contribution in [0.4, 0.5) is 4.39 Å². The first-order valence-corrected chi connectivity index (χ1v) is 8.73. The van der Waals surface area contributed by atoms with Crippen LogP contribution in [0.5, 0.6) is 0 Å². The Bertz CT molecular complexity index is 660. The van der Waals surface area contributed by atoms with E-state index >= 15 is 0 Å². The van der Waals surface area contributed by atoms with E-state index in [1.54, 1.807) is 18.2 Å². The molecule has 2 N–H and O–H groups in total. The van der Waals surface area contributed by atoms with Gasteiger partial charge in [-0.05, 0) is 11.6 Å². The molecule has 0 aromatic heterocycles. The Kier molecular flexibility index (Phi) is 6.15. The maximum absolute atomic E-state index is 13.7. The summed E-state index contributed by atoms with van der Waals surface area (Å²) in [4.78, 5) is 4.37. The standard InChI is InChI=1S/C20H25FN2O2/c21-18-9-5-4-8-17(18)20(25)15-23-12-10-22(11-13-23)14-19(24)16-6-2-1-3-7-16/h1-9,19-20,24-25H,10-15H2/t19-,20-/m1/s1. The van der Waals surface area contributed by atoms with Crippen molar-refractivity contribution < 1.29 is 14.6 Å². The summed E-state index contributed by atoms with van der Waals surface area (Å²) in [5.74, 6) is -0.361. The lowest BCUT2D eigenvalue weighted by Gasteiger charge is -2.36. The topological polar surface area (TPSA) is 46.9 Å². The average Bonchev–Trinajstić information content (AvgIpc) is 2.64. The Morgan fingerprint density at radius 2 is 1.28 bits per heavy atom. The van der Waals surface area contributed by atoms with E-state index in [-0.39, 0.29) is 5.82 Å². The summed E-state index contributed by atoms with van der Waals surface area (Å²) in [6.07, 6.45) is -1.31. The fraction of sp³-hybridized carbons (Fsp3) is 0.400. The molecule has 0 saturated carbocycles. The SMILES string of the molecule is O[C@H](CN1CCN(C[C@@H](O)c2ccccc2F)CC1)c1ccccc1. The molecule has 4 nitrogen and oxygen atoms in total. The molecule has 0 spiro atoms. The molecule has 5 heteroatoms. The molecule has 1 aliphatic heterocycles. The van der Waals surface area contributed by atoms with Crippen molar-refractivity contribution in [3.8, 4) is 0 Å². The minimum Gasteiger partial charge on any atom is -0.387 e. The second-order valence-corrected chi connectivity index (χ2v) is 6.57. The van der Waals surface area contributed by atoms with Gasteiger partial charge >= 0.3 is 0 Å². The molecule has 2 aromatic rings. The summed E-state index contributed by atoms with van der Waals surface area (Å²) in [6, 6.07) is 16.1. The van der Waals surface area contributed by atoms with Crippen molar-refractivity contribution >= 4 is 0 Å². The number of β-amino-alcohol motifs (C(OH)–C–C–N with tert-alkyl or cyclic N) is 2.